The molecule has 0 fully saturated rings. The molecule has 1 amide bonds. The molecule has 0 aromatic heterocycles. The molecule has 0 aliphatic carbocycles. The number of nitrogens with zero attached hydrogens (tertiary/aromatic N) is 1. The minimum atomic E-state index is -3.91. The first-order valence-corrected chi connectivity index (χ1v) is 14.2. The van der Waals surface area contributed by atoms with E-state index in [2.05, 4.69) is 5.32 Å². The highest BCUT2D eigenvalue weighted by Gasteiger charge is 2.31. The summed E-state index contributed by atoms with van der Waals surface area (Å²) in [6, 6.07) is 20.6. The summed E-state index contributed by atoms with van der Waals surface area (Å²) in [6.45, 7) is 7.73. The Kier molecular flexibility index (Phi) is 10.1. The average Bonchev–Trinajstić information content (AvgIpc) is 2.88. The van der Waals surface area contributed by atoms with Gasteiger partial charge in [0.05, 0.1) is 24.2 Å². The molecule has 0 spiro atoms. The number of methoxy groups -OCH3 is 1. The van der Waals surface area contributed by atoms with E-state index < -0.39 is 22.2 Å². The Hall–Kier alpha value is -3.20. The lowest BCUT2D eigenvalue weighted by molar-refractivity contribution is 0.0775. The summed E-state index contributed by atoms with van der Waals surface area (Å²) in [5, 5.41) is 14.4. The topological polar surface area (TPSA) is 95.9 Å². The molecule has 0 bridgehead atoms. The van der Waals surface area contributed by atoms with Crippen LogP contribution in [-0.4, -0.2) is 56.1 Å². The van der Waals surface area contributed by atoms with Crippen LogP contribution in [0.5, 0.6) is 5.75 Å². The molecule has 1 unspecified atom stereocenters. The third-order valence-electron chi connectivity index (χ3n) is 6.36. The van der Waals surface area contributed by atoms with E-state index in [1.807, 2.05) is 70.2 Å². The first-order chi connectivity index (χ1) is 18.0. The van der Waals surface area contributed by atoms with Gasteiger partial charge < -0.3 is 15.2 Å². The molecule has 2 N–H and O–H groups in total. The zero-order chi connectivity index (χ0) is 27.9. The Labute approximate surface area is 226 Å². The van der Waals surface area contributed by atoms with E-state index in [0.717, 1.165) is 16.7 Å². The van der Waals surface area contributed by atoms with E-state index in [-0.39, 0.29) is 29.8 Å². The molecule has 8 heteroatoms. The molecule has 3 rings (SSSR count). The van der Waals surface area contributed by atoms with E-state index >= 15 is 0 Å². The maximum absolute atomic E-state index is 13.6. The van der Waals surface area contributed by atoms with E-state index in [4.69, 9.17) is 4.74 Å². The lowest BCUT2D eigenvalue weighted by atomic mass is 9.99. The molecule has 38 heavy (non-hydrogen) atoms. The molecule has 0 radical (unpaired) electrons. The zero-order valence-corrected chi connectivity index (χ0v) is 23.5. The van der Waals surface area contributed by atoms with Crippen molar-refractivity contribution < 1.29 is 23.1 Å². The molecule has 7 nitrogen and oxygen atoms in total. The summed E-state index contributed by atoms with van der Waals surface area (Å²) < 4.78 is 33.6. The van der Waals surface area contributed by atoms with Crippen LogP contribution in [0.3, 0.4) is 0 Å². The maximum Gasteiger partial charge on any atom is 0.251 e. The van der Waals surface area contributed by atoms with Crippen LogP contribution in [0.1, 0.15) is 40.9 Å². The van der Waals surface area contributed by atoms with Crippen LogP contribution in [0.15, 0.2) is 77.7 Å². The van der Waals surface area contributed by atoms with Crippen molar-refractivity contribution in [1.29, 1.82) is 0 Å². The van der Waals surface area contributed by atoms with Crippen molar-refractivity contribution >= 4 is 15.9 Å². The van der Waals surface area contributed by atoms with Crippen LogP contribution in [0.4, 0.5) is 0 Å². The monoisotopic (exact) mass is 538 g/mol. The summed E-state index contributed by atoms with van der Waals surface area (Å²) in [7, 11) is -2.39. The molecular weight excluding hydrogens is 500 g/mol. The fraction of sp³-hybridized carbons (Fsp3) is 0.367. The van der Waals surface area contributed by atoms with Gasteiger partial charge in [-0.1, -0.05) is 61.9 Å². The molecule has 0 saturated heterocycles. The summed E-state index contributed by atoms with van der Waals surface area (Å²) in [5.74, 6) is 0.264. The predicted molar refractivity (Wildman–Crippen MR) is 150 cm³/mol. The van der Waals surface area contributed by atoms with Gasteiger partial charge in [-0.2, -0.15) is 4.31 Å². The van der Waals surface area contributed by atoms with Crippen LogP contribution in [-0.2, 0) is 16.4 Å². The van der Waals surface area contributed by atoms with Gasteiger partial charge in [-0.3, -0.25) is 4.79 Å². The Morgan fingerprint density at radius 1 is 0.974 bits per heavy atom. The summed E-state index contributed by atoms with van der Waals surface area (Å²) in [6.07, 6.45) is -0.812. The summed E-state index contributed by atoms with van der Waals surface area (Å²) in [4.78, 5) is 13.4. The smallest absolute Gasteiger partial charge is 0.251 e. The van der Waals surface area contributed by atoms with Gasteiger partial charge in [-0.05, 0) is 67.6 Å². The van der Waals surface area contributed by atoms with Crippen molar-refractivity contribution in [3.63, 3.8) is 0 Å². The highest BCUT2D eigenvalue weighted by molar-refractivity contribution is 7.89. The predicted octanol–water partition coefficient (Wildman–Crippen LogP) is 4.36. The fourth-order valence-electron chi connectivity index (χ4n) is 4.38. The molecule has 0 aliphatic rings. The first-order valence-electron chi connectivity index (χ1n) is 12.8. The minimum Gasteiger partial charge on any atom is -0.497 e. The second kappa shape index (κ2) is 13.0. The standard InChI is InChI=1S/C30H38N2O5S/c1-21(2)19-32(38(35,36)26-14-12-25(37-5)13-15-26)20-29(33)28(18-24-9-7-6-8-10-24)31-30(34)27-16-11-22(3)17-23(27)4/h6-17,21,28-29,33H,18-20H2,1-5H3,(H,31,34)/t28-,29?/m0/s1. The number of nitrogens with one attached hydrogen (secondary N) is 1. The second-order valence-electron chi connectivity index (χ2n) is 10.0. The molecule has 0 aliphatic heterocycles. The van der Waals surface area contributed by atoms with Crippen LogP contribution in [0.25, 0.3) is 0 Å². The molecule has 2 atom stereocenters. The number of hydrogen-bond donors (Lipinski definition) is 2. The Balaban J connectivity index is 1.90. The van der Waals surface area contributed by atoms with Crippen molar-refractivity contribution in [2.45, 2.75) is 51.2 Å². The Morgan fingerprint density at radius 2 is 1.63 bits per heavy atom. The van der Waals surface area contributed by atoms with Gasteiger partial charge in [0.2, 0.25) is 10.0 Å². The number of ether oxygens (including phenoxy) is 1. The van der Waals surface area contributed by atoms with Gasteiger partial charge in [-0.25, -0.2) is 8.42 Å². The quantitative estimate of drug-likeness (QED) is 0.357. The first kappa shape index (κ1) is 29.4. The molecule has 0 saturated carbocycles. The van der Waals surface area contributed by atoms with Gasteiger partial charge in [0, 0.05) is 18.7 Å². The normalized spacial score (nSPS) is 13.4. The minimum absolute atomic E-state index is 0.0209. The summed E-state index contributed by atoms with van der Waals surface area (Å²) in [5.41, 5.74) is 3.32. The lowest BCUT2D eigenvalue weighted by Gasteiger charge is -2.31. The van der Waals surface area contributed by atoms with Crippen molar-refractivity contribution in [2.75, 3.05) is 20.2 Å². The summed E-state index contributed by atoms with van der Waals surface area (Å²) >= 11 is 0. The molecular formula is C30H38N2O5S. The van der Waals surface area contributed by atoms with Crippen molar-refractivity contribution in [1.82, 2.24) is 9.62 Å². The third-order valence-corrected chi connectivity index (χ3v) is 8.21. The molecule has 0 heterocycles. The number of hydrogen-bond acceptors (Lipinski definition) is 5. The highest BCUT2D eigenvalue weighted by atomic mass is 32.2. The van der Waals surface area contributed by atoms with Gasteiger partial charge in [0.15, 0.2) is 0 Å². The number of rotatable bonds is 12. The van der Waals surface area contributed by atoms with Crippen molar-refractivity contribution in [3.8, 4) is 5.75 Å². The number of amides is 1. The number of sulfonamides is 1. The molecule has 204 valence electrons. The number of aryl methyl sites for hydroxylation is 2. The van der Waals surface area contributed by atoms with E-state index in [1.165, 1.54) is 23.5 Å². The fourth-order valence-corrected chi connectivity index (χ4v) is 6.00. The Morgan fingerprint density at radius 3 is 2.21 bits per heavy atom. The largest absolute Gasteiger partial charge is 0.497 e. The van der Waals surface area contributed by atoms with E-state index in [9.17, 15) is 18.3 Å². The van der Waals surface area contributed by atoms with Crippen LogP contribution < -0.4 is 10.1 Å². The van der Waals surface area contributed by atoms with Crippen LogP contribution in [0.2, 0.25) is 0 Å². The van der Waals surface area contributed by atoms with Gasteiger partial charge in [0.1, 0.15) is 5.75 Å². The van der Waals surface area contributed by atoms with Crippen LogP contribution in [0, 0.1) is 19.8 Å². The molecule has 3 aromatic rings. The van der Waals surface area contributed by atoms with Gasteiger partial charge in [-0.15, -0.1) is 0 Å². The van der Waals surface area contributed by atoms with Crippen LogP contribution >= 0.6 is 0 Å². The van der Waals surface area contributed by atoms with E-state index in [1.54, 1.807) is 18.2 Å². The van der Waals surface area contributed by atoms with Crippen molar-refractivity contribution in [2.24, 2.45) is 5.92 Å². The molecule has 3 aromatic carbocycles. The van der Waals surface area contributed by atoms with Gasteiger partial charge >= 0.3 is 0 Å². The lowest BCUT2D eigenvalue weighted by Crippen LogP contribution is -2.51. The maximum atomic E-state index is 13.6. The number of benzene rings is 3. The number of aliphatic hydroxyl groups is 1. The van der Waals surface area contributed by atoms with Gasteiger partial charge in [0.25, 0.3) is 5.91 Å². The zero-order valence-electron chi connectivity index (χ0n) is 22.7. The SMILES string of the molecule is COc1ccc(S(=O)(=O)N(CC(C)C)CC(O)[C@H](Cc2ccccc2)NC(=O)c2ccc(C)cc2C)cc1. The number of carbonyl (C=O) groups is 1. The number of carbonyl (C=O) groups excluding carboxylic acids is 1. The highest BCUT2D eigenvalue weighted by Crippen LogP contribution is 2.22. The van der Waals surface area contributed by atoms with E-state index in [0.29, 0.717) is 17.7 Å². The number of aliphatic hydroxyl groups excluding tert-OH is 1. The third kappa shape index (κ3) is 7.66. The second-order valence-corrected chi connectivity index (χ2v) is 12.0. The van der Waals surface area contributed by atoms with Crippen molar-refractivity contribution in [3.05, 3.63) is 95.1 Å². The Bertz CT molecular complexity index is 1310. The average molecular weight is 539 g/mol.